The molecular weight excluding hydrogens is 275 g/mol. The molecule has 0 spiro atoms. The summed E-state index contributed by atoms with van der Waals surface area (Å²) in [5.41, 5.74) is -1.06. The molecule has 3 atom stereocenters. The maximum absolute atomic E-state index is 12.4. The number of alkyl halides is 3. The monoisotopic (exact) mass is 299 g/mol. The van der Waals surface area contributed by atoms with Crippen LogP contribution < -0.4 is 5.32 Å². The minimum absolute atomic E-state index is 0.0973. The maximum atomic E-state index is 12.4. The van der Waals surface area contributed by atoms with Crippen molar-refractivity contribution >= 4 is 5.97 Å². The third kappa shape index (κ3) is 6.09. The van der Waals surface area contributed by atoms with Crippen molar-refractivity contribution in [2.24, 2.45) is 0 Å². The van der Waals surface area contributed by atoms with Gasteiger partial charge in [-0.25, -0.2) is 0 Å². The number of carbonyl (C=O) groups is 1. The van der Waals surface area contributed by atoms with E-state index < -0.39 is 29.9 Å². The molecule has 0 saturated heterocycles. The highest BCUT2D eigenvalue weighted by Gasteiger charge is 2.40. The van der Waals surface area contributed by atoms with E-state index in [0.29, 0.717) is 6.54 Å². The first-order valence-corrected chi connectivity index (χ1v) is 6.62. The molecular formula is C13H24F3NO3. The van der Waals surface area contributed by atoms with Gasteiger partial charge in [0.25, 0.3) is 0 Å². The molecule has 7 heteroatoms. The zero-order valence-corrected chi connectivity index (χ0v) is 12.6. The van der Waals surface area contributed by atoms with Crippen LogP contribution >= 0.6 is 0 Å². The van der Waals surface area contributed by atoms with Crippen LogP contribution in [-0.2, 0) is 14.3 Å². The van der Waals surface area contributed by atoms with Crippen LogP contribution in [0.15, 0.2) is 0 Å². The van der Waals surface area contributed by atoms with Crippen molar-refractivity contribution in [1.29, 1.82) is 0 Å². The first kappa shape index (κ1) is 19.2. The molecule has 0 aliphatic heterocycles. The predicted octanol–water partition coefficient (Wildman–Crippen LogP) is 2.66. The van der Waals surface area contributed by atoms with E-state index in [0.717, 1.165) is 13.3 Å². The van der Waals surface area contributed by atoms with E-state index in [1.165, 1.54) is 14.0 Å². The van der Waals surface area contributed by atoms with Crippen molar-refractivity contribution < 1.29 is 27.4 Å². The van der Waals surface area contributed by atoms with Crippen LogP contribution in [0.3, 0.4) is 0 Å². The lowest BCUT2D eigenvalue weighted by Gasteiger charge is -2.32. The van der Waals surface area contributed by atoms with Gasteiger partial charge in [-0.1, -0.05) is 6.92 Å². The minimum Gasteiger partial charge on any atom is -0.468 e. The van der Waals surface area contributed by atoms with Crippen molar-refractivity contribution in [3.8, 4) is 0 Å². The van der Waals surface area contributed by atoms with Gasteiger partial charge in [0, 0.05) is 6.42 Å². The number of rotatable bonds is 8. The zero-order valence-electron chi connectivity index (χ0n) is 12.6. The Balaban J connectivity index is 4.69. The Morgan fingerprint density at radius 1 is 1.30 bits per heavy atom. The highest BCUT2D eigenvalue weighted by molar-refractivity contribution is 5.80. The Bertz CT molecular complexity index is 310. The molecule has 0 saturated carbocycles. The zero-order chi connectivity index (χ0) is 16.0. The Morgan fingerprint density at radius 3 is 2.25 bits per heavy atom. The Labute approximate surface area is 118 Å². The number of nitrogens with one attached hydrogen (secondary N) is 1. The summed E-state index contributed by atoms with van der Waals surface area (Å²) in [6.07, 6.45) is -6.13. The smallest absolute Gasteiger partial charge is 0.414 e. The van der Waals surface area contributed by atoms with Crippen LogP contribution in [0.2, 0.25) is 0 Å². The second-order valence-electron chi connectivity index (χ2n) is 5.09. The van der Waals surface area contributed by atoms with Gasteiger partial charge in [-0.2, -0.15) is 13.2 Å². The fraction of sp³-hybridized carbons (Fsp3) is 0.923. The molecule has 0 aliphatic rings. The van der Waals surface area contributed by atoms with E-state index in [-0.39, 0.29) is 6.42 Å². The van der Waals surface area contributed by atoms with Crippen LogP contribution in [-0.4, -0.2) is 43.5 Å². The lowest BCUT2D eigenvalue weighted by molar-refractivity contribution is -0.226. The molecule has 3 unspecified atom stereocenters. The van der Waals surface area contributed by atoms with Crippen molar-refractivity contribution in [1.82, 2.24) is 5.32 Å². The molecule has 0 fully saturated rings. The molecule has 0 heterocycles. The topological polar surface area (TPSA) is 47.6 Å². The number of halogens is 3. The van der Waals surface area contributed by atoms with Gasteiger partial charge in [-0.15, -0.1) is 0 Å². The van der Waals surface area contributed by atoms with Gasteiger partial charge in [-0.3, -0.25) is 4.79 Å². The molecule has 0 aromatic carbocycles. The quantitative estimate of drug-likeness (QED) is 0.700. The molecule has 1 N–H and O–H groups in total. The van der Waals surface area contributed by atoms with Crippen molar-refractivity contribution in [2.75, 3.05) is 13.7 Å². The predicted molar refractivity (Wildman–Crippen MR) is 69.4 cm³/mol. The van der Waals surface area contributed by atoms with Gasteiger partial charge in [0.15, 0.2) is 6.10 Å². The number of ether oxygens (including phenoxy) is 2. The number of methoxy groups -OCH3 is 1. The summed E-state index contributed by atoms with van der Waals surface area (Å²) in [5, 5.41) is 3.00. The highest BCUT2D eigenvalue weighted by Crippen LogP contribution is 2.25. The molecule has 120 valence electrons. The number of esters is 1. The summed E-state index contributed by atoms with van der Waals surface area (Å²) in [5.74, 6) is -0.513. The summed E-state index contributed by atoms with van der Waals surface area (Å²) >= 11 is 0. The molecule has 0 rings (SSSR count). The van der Waals surface area contributed by atoms with Gasteiger partial charge in [0.05, 0.1) is 13.2 Å². The first-order valence-electron chi connectivity index (χ1n) is 6.62. The van der Waals surface area contributed by atoms with Crippen LogP contribution in [0.25, 0.3) is 0 Å². The maximum Gasteiger partial charge on any atom is 0.414 e. The van der Waals surface area contributed by atoms with Gasteiger partial charge < -0.3 is 14.8 Å². The average Bonchev–Trinajstić information content (AvgIpc) is 2.33. The van der Waals surface area contributed by atoms with Gasteiger partial charge in [-0.05, 0) is 33.7 Å². The lowest BCUT2D eigenvalue weighted by atomic mass is 9.94. The first-order chi connectivity index (χ1) is 9.06. The SMILES string of the molecule is CCCNC(C)(CC(C)OC(C)C(F)(F)F)C(=O)OC. The van der Waals surface area contributed by atoms with Crippen molar-refractivity contribution in [2.45, 2.75) is 64.5 Å². The molecule has 0 aromatic rings. The average molecular weight is 299 g/mol. The largest absolute Gasteiger partial charge is 0.468 e. The number of hydrogen-bond acceptors (Lipinski definition) is 4. The van der Waals surface area contributed by atoms with Gasteiger partial charge in [0.2, 0.25) is 0 Å². The fourth-order valence-corrected chi connectivity index (χ4v) is 1.90. The minimum atomic E-state index is -4.41. The summed E-state index contributed by atoms with van der Waals surface area (Å²) in [7, 11) is 1.25. The summed E-state index contributed by atoms with van der Waals surface area (Å²) < 4.78 is 46.9. The lowest BCUT2D eigenvalue weighted by Crippen LogP contribution is -2.52. The Hall–Kier alpha value is -0.820. The third-order valence-electron chi connectivity index (χ3n) is 2.99. The van der Waals surface area contributed by atoms with E-state index in [4.69, 9.17) is 9.47 Å². The van der Waals surface area contributed by atoms with Gasteiger partial charge >= 0.3 is 12.1 Å². The van der Waals surface area contributed by atoms with E-state index in [1.807, 2.05) is 6.92 Å². The molecule has 0 radical (unpaired) electrons. The molecule has 4 nitrogen and oxygen atoms in total. The van der Waals surface area contributed by atoms with E-state index >= 15 is 0 Å². The second-order valence-corrected chi connectivity index (χ2v) is 5.09. The fourth-order valence-electron chi connectivity index (χ4n) is 1.90. The van der Waals surface area contributed by atoms with Crippen molar-refractivity contribution in [3.05, 3.63) is 0 Å². The Morgan fingerprint density at radius 2 is 1.85 bits per heavy atom. The van der Waals surface area contributed by atoms with Crippen LogP contribution in [0, 0.1) is 0 Å². The normalized spacial score (nSPS) is 18.2. The second kappa shape index (κ2) is 7.83. The summed E-state index contributed by atoms with van der Waals surface area (Å²) in [6, 6.07) is 0. The number of carbonyl (C=O) groups excluding carboxylic acids is 1. The van der Waals surface area contributed by atoms with E-state index in [9.17, 15) is 18.0 Å². The molecule has 0 aromatic heterocycles. The van der Waals surface area contributed by atoms with Gasteiger partial charge in [0.1, 0.15) is 5.54 Å². The number of hydrogen-bond donors (Lipinski definition) is 1. The summed E-state index contributed by atoms with van der Waals surface area (Å²) in [4.78, 5) is 11.8. The molecule has 0 bridgehead atoms. The molecule has 20 heavy (non-hydrogen) atoms. The van der Waals surface area contributed by atoms with Crippen LogP contribution in [0.4, 0.5) is 13.2 Å². The molecule has 0 aliphatic carbocycles. The van der Waals surface area contributed by atoms with Crippen molar-refractivity contribution in [3.63, 3.8) is 0 Å². The van der Waals surface area contributed by atoms with E-state index in [1.54, 1.807) is 6.92 Å². The third-order valence-corrected chi connectivity index (χ3v) is 2.99. The Kier molecular flexibility index (Phi) is 7.51. The van der Waals surface area contributed by atoms with Crippen LogP contribution in [0.5, 0.6) is 0 Å². The molecule has 0 amide bonds. The van der Waals surface area contributed by atoms with E-state index in [2.05, 4.69) is 5.32 Å². The van der Waals surface area contributed by atoms with Crippen LogP contribution in [0.1, 0.15) is 40.5 Å². The standard InChI is InChI=1S/C13H24F3NO3/c1-6-7-17-12(4,11(18)19-5)8-9(2)20-10(3)13(14,15)16/h9-10,17H,6-8H2,1-5H3. The summed E-state index contributed by atoms with van der Waals surface area (Å²) in [6.45, 7) is 6.55. The highest BCUT2D eigenvalue weighted by atomic mass is 19.4.